The van der Waals surface area contributed by atoms with Crippen LogP contribution in [0.1, 0.15) is 17.5 Å². The Labute approximate surface area is 118 Å². The van der Waals surface area contributed by atoms with Crippen molar-refractivity contribution in [3.8, 4) is 11.4 Å². The Bertz CT molecular complexity index is 786. The summed E-state index contributed by atoms with van der Waals surface area (Å²) in [5.74, 6) is 0.981. The average Bonchev–Trinajstić information content (AvgIpc) is 2.92. The molecule has 0 bridgehead atoms. The summed E-state index contributed by atoms with van der Waals surface area (Å²) in [5.41, 5.74) is 7.27. The Kier molecular flexibility index (Phi) is 2.52. The SMILES string of the molecule is Cc1cccc2[nH]c(-c3cccc4c3CCCN4)nc12. The smallest absolute Gasteiger partial charge is 0.138 e. The predicted molar refractivity (Wildman–Crippen MR) is 83.1 cm³/mol. The van der Waals surface area contributed by atoms with Crippen LogP contribution in [-0.4, -0.2) is 16.5 Å². The molecule has 4 rings (SSSR count). The summed E-state index contributed by atoms with van der Waals surface area (Å²) in [6.07, 6.45) is 2.30. The number of aromatic amines is 1. The maximum atomic E-state index is 4.81. The second-order valence-electron chi connectivity index (χ2n) is 5.42. The monoisotopic (exact) mass is 263 g/mol. The molecule has 0 fully saturated rings. The lowest BCUT2D eigenvalue weighted by molar-refractivity contribution is 0.831. The van der Waals surface area contributed by atoms with Crippen LogP contribution in [-0.2, 0) is 6.42 Å². The fourth-order valence-corrected chi connectivity index (χ4v) is 3.03. The molecule has 100 valence electrons. The zero-order valence-electron chi connectivity index (χ0n) is 11.5. The first kappa shape index (κ1) is 11.5. The molecular formula is C17H17N3. The van der Waals surface area contributed by atoms with Gasteiger partial charge in [-0.05, 0) is 43.0 Å². The summed E-state index contributed by atoms with van der Waals surface area (Å²) in [5, 5.41) is 3.48. The number of imidazole rings is 1. The van der Waals surface area contributed by atoms with Crippen molar-refractivity contribution in [1.29, 1.82) is 0 Å². The molecule has 1 aromatic heterocycles. The van der Waals surface area contributed by atoms with Crippen molar-refractivity contribution in [2.24, 2.45) is 0 Å². The highest BCUT2D eigenvalue weighted by atomic mass is 14.9. The van der Waals surface area contributed by atoms with Crippen LogP contribution in [0.4, 0.5) is 5.69 Å². The van der Waals surface area contributed by atoms with Gasteiger partial charge in [-0.1, -0.05) is 24.3 Å². The Morgan fingerprint density at radius 2 is 2.00 bits per heavy atom. The third-order valence-corrected chi connectivity index (χ3v) is 4.06. The number of aromatic nitrogens is 2. The van der Waals surface area contributed by atoms with E-state index in [1.54, 1.807) is 0 Å². The summed E-state index contributed by atoms with van der Waals surface area (Å²) in [6, 6.07) is 12.7. The first-order valence-corrected chi connectivity index (χ1v) is 7.14. The van der Waals surface area contributed by atoms with E-state index in [0.717, 1.165) is 29.8 Å². The van der Waals surface area contributed by atoms with Crippen molar-refractivity contribution >= 4 is 16.7 Å². The highest BCUT2D eigenvalue weighted by molar-refractivity contribution is 5.83. The number of aryl methyl sites for hydroxylation is 1. The van der Waals surface area contributed by atoms with Gasteiger partial charge in [-0.25, -0.2) is 4.98 Å². The Balaban J connectivity index is 1.93. The molecule has 2 heterocycles. The average molecular weight is 263 g/mol. The number of anilines is 1. The van der Waals surface area contributed by atoms with Gasteiger partial charge in [0.2, 0.25) is 0 Å². The number of hydrogen-bond acceptors (Lipinski definition) is 2. The minimum atomic E-state index is 0.981. The Morgan fingerprint density at radius 1 is 1.10 bits per heavy atom. The van der Waals surface area contributed by atoms with Gasteiger partial charge in [0.25, 0.3) is 0 Å². The van der Waals surface area contributed by atoms with Crippen LogP contribution in [0, 0.1) is 6.92 Å². The molecule has 0 unspecified atom stereocenters. The van der Waals surface area contributed by atoms with Crippen LogP contribution in [0.5, 0.6) is 0 Å². The van der Waals surface area contributed by atoms with Crippen LogP contribution >= 0.6 is 0 Å². The van der Waals surface area contributed by atoms with Crippen molar-refractivity contribution in [3.05, 3.63) is 47.5 Å². The molecule has 1 aliphatic rings. The second-order valence-corrected chi connectivity index (χ2v) is 5.42. The summed E-state index contributed by atoms with van der Waals surface area (Å²) in [4.78, 5) is 8.27. The van der Waals surface area contributed by atoms with E-state index in [1.807, 2.05) is 0 Å². The largest absolute Gasteiger partial charge is 0.385 e. The lowest BCUT2D eigenvalue weighted by Gasteiger charge is -2.20. The van der Waals surface area contributed by atoms with Crippen molar-refractivity contribution < 1.29 is 0 Å². The Hall–Kier alpha value is -2.29. The molecular weight excluding hydrogens is 246 g/mol. The highest BCUT2D eigenvalue weighted by Gasteiger charge is 2.16. The van der Waals surface area contributed by atoms with Crippen LogP contribution in [0.25, 0.3) is 22.4 Å². The van der Waals surface area contributed by atoms with E-state index in [9.17, 15) is 0 Å². The molecule has 2 N–H and O–H groups in total. The van der Waals surface area contributed by atoms with Gasteiger partial charge >= 0.3 is 0 Å². The van der Waals surface area contributed by atoms with Crippen LogP contribution in [0.15, 0.2) is 36.4 Å². The first-order valence-electron chi connectivity index (χ1n) is 7.14. The number of rotatable bonds is 1. The molecule has 3 heteroatoms. The van der Waals surface area contributed by atoms with Gasteiger partial charge in [0.05, 0.1) is 11.0 Å². The minimum absolute atomic E-state index is 0.981. The van der Waals surface area contributed by atoms with Gasteiger partial charge in [-0.15, -0.1) is 0 Å². The van der Waals surface area contributed by atoms with Gasteiger partial charge in [-0.3, -0.25) is 0 Å². The van der Waals surface area contributed by atoms with Crippen molar-refractivity contribution in [1.82, 2.24) is 9.97 Å². The molecule has 1 aliphatic heterocycles. The van der Waals surface area contributed by atoms with Crippen molar-refractivity contribution in [2.45, 2.75) is 19.8 Å². The van der Waals surface area contributed by atoms with Gasteiger partial charge in [0.1, 0.15) is 5.82 Å². The third-order valence-electron chi connectivity index (χ3n) is 4.06. The van der Waals surface area contributed by atoms with E-state index in [1.165, 1.54) is 28.8 Å². The van der Waals surface area contributed by atoms with E-state index in [2.05, 4.69) is 53.6 Å². The van der Waals surface area contributed by atoms with Crippen LogP contribution < -0.4 is 5.32 Å². The number of nitrogens with zero attached hydrogens (tertiary/aromatic N) is 1. The molecule has 0 spiro atoms. The van der Waals surface area contributed by atoms with Gasteiger partial charge in [-0.2, -0.15) is 0 Å². The standard InChI is InChI=1S/C17H17N3/c1-11-5-2-9-15-16(11)20-17(19-15)13-6-3-8-14-12(13)7-4-10-18-14/h2-3,5-6,8-9,18H,4,7,10H2,1H3,(H,19,20). The third kappa shape index (κ3) is 1.70. The lowest BCUT2D eigenvalue weighted by atomic mass is 9.97. The summed E-state index contributed by atoms with van der Waals surface area (Å²) in [6.45, 7) is 3.17. The molecule has 0 saturated carbocycles. The van der Waals surface area contributed by atoms with E-state index in [-0.39, 0.29) is 0 Å². The molecule has 3 aromatic rings. The highest BCUT2D eigenvalue weighted by Crippen LogP contribution is 2.32. The number of nitrogens with one attached hydrogen (secondary N) is 2. The maximum Gasteiger partial charge on any atom is 0.138 e. The topological polar surface area (TPSA) is 40.7 Å². The molecule has 0 saturated heterocycles. The van der Waals surface area contributed by atoms with Crippen molar-refractivity contribution in [3.63, 3.8) is 0 Å². The van der Waals surface area contributed by atoms with E-state index >= 15 is 0 Å². The maximum absolute atomic E-state index is 4.81. The molecule has 0 aliphatic carbocycles. The van der Waals surface area contributed by atoms with Gasteiger partial charge in [0, 0.05) is 17.8 Å². The quantitative estimate of drug-likeness (QED) is 0.699. The second kappa shape index (κ2) is 4.37. The fraction of sp³-hybridized carbons (Fsp3) is 0.235. The lowest BCUT2D eigenvalue weighted by Crippen LogP contribution is -2.12. The van der Waals surface area contributed by atoms with E-state index < -0.39 is 0 Å². The number of benzene rings is 2. The van der Waals surface area contributed by atoms with E-state index in [0.29, 0.717) is 0 Å². The molecule has 0 radical (unpaired) electrons. The van der Waals surface area contributed by atoms with Gasteiger partial charge in [0.15, 0.2) is 0 Å². The van der Waals surface area contributed by atoms with Crippen LogP contribution in [0.3, 0.4) is 0 Å². The molecule has 0 atom stereocenters. The zero-order chi connectivity index (χ0) is 13.5. The normalized spacial score (nSPS) is 14.1. The molecule has 0 amide bonds. The number of H-pyrrole nitrogens is 1. The molecule has 2 aromatic carbocycles. The number of hydrogen-bond donors (Lipinski definition) is 2. The van der Waals surface area contributed by atoms with Crippen molar-refractivity contribution in [2.75, 3.05) is 11.9 Å². The molecule has 3 nitrogen and oxygen atoms in total. The van der Waals surface area contributed by atoms with Gasteiger partial charge < -0.3 is 10.3 Å². The Morgan fingerprint density at radius 3 is 2.90 bits per heavy atom. The zero-order valence-corrected chi connectivity index (χ0v) is 11.5. The summed E-state index contributed by atoms with van der Waals surface area (Å²) >= 11 is 0. The first-order chi connectivity index (χ1) is 9.83. The molecule has 20 heavy (non-hydrogen) atoms. The number of fused-ring (bicyclic) bond motifs is 2. The summed E-state index contributed by atoms with van der Waals surface area (Å²) < 4.78 is 0. The minimum Gasteiger partial charge on any atom is -0.385 e. The van der Waals surface area contributed by atoms with Crippen LogP contribution in [0.2, 0.25) is 0 Å². The number of para-hydroxylation sites is 1. The van der Waals surface area contributed by atoms with E-state index in [4.69, 9.17) is 4.98 Å². The summed E-state index contributed by atoms with van der Waals surface area (Å²) in [7, 11) is 0. The fourth-order valence-electron chi connectivity index (χ4n) is 3.03. The predicted octanol–water partition coefficient (Wildman–Crippen LogP) is 3.90.